The summed E-state index contributed by atoms with van der Waals surface area (Å²) in [4.78, 5) is 12.0. The maximum absolute atomic E-state index is 6.07. The first-order valence-corrected chi connectivity index (χ1v) is 5.59. The molecule has 1 unspecified atom stereocenters. The van der Waals surface area contributed by atoms with E-state index < -0.39 is 5.54 Å². The van der Waals surface area contributed by atoms with Crippen molar-refractivity contribution in [1.82, 2.24) is 20.1 Å². The number of nitrogens with two attached hydrogens (primary N) is 1. The first kappa shape index (κ1) is 12.6. The zero-order chi connectivity index (χ0) is 13.0. The van der Waals surface area contributed by atoms with Crippen LogP contribution in [0.15, 0.2) is 23.2 Å². The number of hydrogen-bond donors (Lipinski definition) is 1. The van der Waals surface area contributed by atoms with Gasteiger partial charge in [-0.15, -0.1) is 0 Å². The molecule has 0 spiro atoms. The van der Waals surface area contributed by atoms with Crippen molar-refractivity contribution in [2.75, 3.05) is 13.2 Å². The summed E-state index contributed by atoms with van der Waals surface area (Å²) in [6.45, 7) is 4.61. The molecule has 0 amide bonds. The topological polar surface area (TPSA) is 100.0 Å². The molecule has 0 radical (unpaired) electrons. The highest BCUT2D eigenvalue weighted by molar-refractivity contribution is 5.48. The Bertz CT molecular complexity index is 497. The molecule has 0 aliphatic heterocycles. The van der Waals surface area contributed by atoms with Crippen LogP contribution in [0.5, 0.6) is 0 Å². The van der Waals surface area contributed by atoms with Crippen LogP contribution < -0.4 is 5.73 Å². The van der Waals surface area contributed by atoms with E-state index in [4.69, 9.17) is 15.0 Å². The summed E-state index contributed by atoms with van der Waals surface area (Å²) in [6.07, 6.45) is 4.63. The normalized spacial score (nSPS) is 14.4. The fraction of sp³-hybridized carbons (Fsp3) is 0.455. The van der Waals surface area contributed by atoms with Gasteiger partial charge in [0.15, 0.2) is 5.82 Å². The number of ether oxygens (including phenoxy) is 1. The van der Waals surface area contributed by atoms with Gasteiger partial charge in [-0.25, -0.2) is 9.97 Å². The first-order chi connectivity index (χ1) is 8.63. The van der Waals surface area contributed by atoms with E-state index in [0.717, 1.165) is 0 Å². The second kappa shape index (κ2) is 5.19. The van der Waals surface area contributed by atoms with Crippen LogP contribution in [0.4, 0.5) is 0 Å². The van der Waals surface area contributed by atoms with Gasteiger partial charge in [0.1, 0.15) is 11.9 Å². The molecule has 1 atom stereocenters. The summed E-state index contributed by atoms with van der Waals surface area (Å²) >= 11 is 0. The molecule has 7 heteroatoms. The Balaban J connectivity index is 2.20. The van der Waals surface area contributed by atoms with Crippen molar-refractivity contribution in [3.63, 3.8) is 0 Å². The SMILES string of the molecule is CCOCC(C)(N)c1noc(-c2cncnc2)n1. The van der Waals surface area contributed by atoms with Crippen LogP contribution in [0.2, 0.25) is 0 Å². The lowest BCUT2D eigenvalue weighted by atomic mass is 10.1. The fourth-order valence-electron chi connectivity index (χ4n) is 1.36. The van der Waals surface area contributed by atoms with E-state index in [2.05, 4.69) is 20.1 Å². The lowest BCUT2D eigenvalue weighted by molar-refractivity contribution is 0.0962. The predicted molar refractivity (Wildman–Crippen MR) is 63.4 cm³/mol. The third-order valence-corrected chi connectivity index (χ3v) is 2.35. The molecule has 96 valence electrons. The van der Waals surface area contributed by atoms with E-state index in [1.807, 2.05) is 6.92 Å². The van der Waals surface area contributed by atoms with Crippen LogP contribution >= 0.6 is 0 Å². The Kier molecular flexibility index (Phi) is 3.63. The Morgan fingerprint density at radius 2 is 2.11 bits per heavy atom. The van der Waals surface area contributed by atoms with E-state index in [-0.39, 0.29) is 0 Å². The summed E-state index contributed by atoms with van der Waals surface area (Å²) in [7, 11) is 0. The molecule has 0 bridgehead atoms. The lowest BCUT2D eigenvalue weighted by Gasteiger charge is -2.19. The number of nitrogens with zero attached hydrogens (tertiary/aromatic N) is 4. The van der Waals surface area contributed by atoms with Crippen molar-refractivity contribution in [3.05, 3.63) is 24.5 Å². The van der Waals surface area contributed by atoms with Gasteiger partial charge in [-0.1, -0.05) is 5.16 Å². The molecule has 2 aromatic heterocycles. The van der Waals surface area contributed by atoms with Gasteiger partial charge in [-0.3, -0.25) is 0 Å². The highest BCUT2D eigenvalue weighted by atomic mass is 16.5. The largest absolute Gasteiger partial charge is 0.379 e. The minimum absolute atomic E-state index is 0.327. The fourth-order valence-corrected chi connectivity index (χ4v) is 1.36. The monoisotopic (exact) mass is 249 g/mol. The van der Waals surface area contributed by atoms with Crippen molar-refractivity contribution in [3.8, 4) is 11.5 Å². The van der Waals surface area contributed by atoms with E-state index in [1.165, 1.54) is 6.33 Å². The second-order valence-corrected chi connectivity index (χ2v) is 4.10. The van der Waals surface area contributed by atoms with Crippen LogP contribution in [-0.4, -0.2) is 33.3 Å². The molecule has 2 aromatic rings. The van der Waals surface area contributed by atoms with Gasteiger partial charge in [0.05, 0.1) is 12.2 Å². The van der Waals surface area contributed by atoms with Crippen molar-refractivity contribution >= 4 is 0 Å². The molecular formula is C11H15N5O2. The number of rotatable bonds is 5. The molecule has 0 saturated heterocycles. The van der Waals surface area contributed by atoms with Gasteiger partial charge < -0.3 is 15.0 Å². The maximum Gasteiger partial charge on any atom is 0.261 e. The first-order valence-electron chi connectivity index (χ1n) is 5.59. The quantitative estimate of drug-likeness (QED) is 0.833. The van der Waals surface area contributed by atoms with Gasteiger partial charge >= 0.3 is 0 Å². The van der Waals surface area contributed by atoms with Crippen LogP contribution in [0.3, 0.4) is 0 Å². The zero-order valence-corrected chi connectivity index (χ0v) is 10.3. The molecule has 0 aromatic carbocycles. The van der Waals surface area contributed by atoms with E-state index >= 15 is 0 Å². The van der Waals surface area contributed by atoms with Crippen LogP contribution in [0, 0.1) is 0 Å². The molecule has 0 aliphatic rings. The number of aromatic nitrogens is 4. The molecule has 0 saturated carbocycles. The highest BCUT2D eigenvalue weighted by Gasteiger charge is 2.28. The summed E-state index contributed by atoms with van der Waals surface area (Å²) in [6, 6.07) is 0. The van der Waals surface area contributed by atoms with Crippen molar-refractivity contribution in [2.45, 2.75) is 19.4 Å². The molecule has 0 fully saturated rings. The summed E-state index contributed by atoms with van der Waals surface area (Å²) < 4.78 is 10.4. The van der Waals surface area contributed by atoms with Gasteiger partial charge in [0.2, 0.25) is 0 Å². The Labute approximate surface area is 104 Å². The van der Waals surface area contributed by atoms with Crippen molar-refractivity contribution in [1.29, 1.82) is 0 Å². The number of hydrogen-bond acceptors (Lipinski definition) is 7. The van der Waals surface area contributed by atoms with Gasteiger partial charge in [-0.05, 0) is 13.8 Å². The zero-order valence-electron chi connectivity index (χ0n) is 10.3. The minimum Gasteiger partial charge on any atom is -0.379 e. The van der Waals surface area contributed by atoms with Gasteiger partial charge in [0, 0.05) is 19.0 Å². The highest BCUT2D eigenvalue weighted by Crippen LogP contribution is 2.20. The minimum atomic E-state index is -0.784. The van der Waals surface area contributed by atoms with Gasteiger partial charge in [-0.2, -0.15) is 4.98 Å². The van der Waals surface area contributed by atoms with Gasteiger partial charge in [0.25, 0.3) is 5.89 Å². The third kappa shape index (κ3) is 2.69. The molecule has 7 nitrogen and oxygen atoms in total. The van der Waals surface area contributed by atoms with Crippen molar-refractivity contribution in [2.24, 2.45) is 5.73 Å². The molecule has 2 rings (SSSR count). The maximum atomic E-state index is 6.07. The van der Waals surface area contributed by atoms with E-state index in [1.54, 1.807) is 19.3 Å². The second-order valence-electron chi connectivity index (χ2n) is 4.10. The van der Waals surface area contributed by atoms with E-state index in [9.17, 15) is 0 Å². The smallest absolute Gasteiger partial charge is 0.261 e. The molecular weight excluding hydrogens is 234 g/mol. The average molecular weight is 249 g/mol. The molecule has 2 N–H and O–H groups in total. The predicted octanol–water partition coefficient (Wildman–Crippen LogP) is 0.737. The van der Waals surface area contributed by atoms with Crippen LogP contribution in [0.1, 0.15) is 19.7 Å². The summed E-state index contributed by atoms with van der Waals surface area (Å²) in [5.41, 5.74) is 5.95. The average Bonchev–Trinajstić information content (AvgIpc) is 2.88. The lowest BCUT2D eigenvalue weighted by Crippen LogP contribution is -2.39. The van der Waals surface area contributed by atoms with Crippen LogP contribution in [-0.2, 0) is 10.3 Å². The Morgan fingerprint density at radius 1 is 1.39 bits per heavy atom. The molecule has 2 heterocycles. The Hall–Kier alpha value is -1.86. The Morgan fingerprint density at radius 3 is 2.78 bits per heavy atom. The van der Waals surface area contributed by atoms with E-state index in [0.29, 0.717) is 30.5 Å². The summed E-state index contributed by atoms with van der Waals surface area (Å²) in [5.74, 6) is 0.744. The van der Waals surface area contributed by atoms with Crippen molar-refractivity contribution < 1.29 is 9.26 Å². The molecule has 18 heavy (non-hydrogen) atoms. The molecule has 0 aliphatic carbocycles. The standard InChI is InChI=1S/C11H15N5O2/c1-3-17-6-11(2,12)10-15-9(18-16-10)8-4-13-7-14-5-8/h4-5,7H,3,6,12H2,1-2H3. The van der Waals surface area contributed by atoms with Crippen LogP contribution in [0.25, 0.3) is 11.5 Å². The summed E-state index contributed by atoms with van der Waals surface area (Å²) in [5, 5.41) is 3.87. The third-order valence-electron chi connectivity index (χ3n) is 2.35.